The van der Waals surface area contributed by atoms with Gasteiger partial charge in [0.25, 0.3) is 0 Å². The van der Waals surface area contributed by atoms with Crippen LogP contribution < -0.4 is 0 Å². The van der Waals surface area contributed by atoms with Crippen molar-refractivity contribution in [1.29, 1.82) is 0 Å². The molecule has 198 valence electrons. The lowest BCUT2D eigenvalue weighted by Gasteiger charge is -2.31. The zero-order chi connectivity index (χ0) is 25.0. The quantitative estimate of drug-likeness (QED) is 0.153. The van der Waals surface area contributed by atoms with Gasteiger partial charge in [-0.25, -0.2) is 4.98 Å². The molecule has 2 nitrogen and oxygen atoms in total. The minimum absolute atomic E-state index is 0.546. The second kappa shape index (κ2) is 19.6. The van der Waals surface area contributed by atoms with E-state index in [0.29, 0.717) is 17.9 Å². The van der Waals surface area contributed by atoms with Crippen LogP contribution in [0.5, 0.6) is 0 Å². The Balaban J connectivity index is 1.57. The van der Waals surface area contributed by atoms with Crippen molar-refractivity contribution in [3.63, 3.8) is 0 Å². The zero-order valence-corrected chi connectivity index (χ0v) is 23.5. The molecule has 2 unspecified atom stereocenters. The van der Waals surface area contributed by atoms with Gasteiger partial charge < -0.3 is 4.57 Å². The number of benzene rings is 1. The minimum Gasteiger partial charge on any atom is -0.334 e. The number of hydrogen-bond donors (Lipinski definition) is 0. The number of hydrogen-bond acceptors (Lipinski definition) is 1. The molecule has 0 radical (unpaired) electrons. The van der Waals surface area contributed by atoms with Gasteiger partial charge in [-0.3, -0.25) is 0 Å². The van der Waals surface area contributed by atoms with Crippen LogP contribution in [0.25, 0.3) is 0 Å². The zero-order valence-electron chi connectivity index (χ0n) is 23.5. The Hall–Kier alpha value is -1.57. The molecular weight excluding hydrogens is 424 g/mol. The number of rotatable bonds is 22. The molecule has 0 spiro atoms. The van der Waals surface area contributed by atoms with Crippen molar-refractivity contribution in [2.24, 2.45) is 11.8 Å². The van der Waals surface area contributed by atoms with Gasteiger partial charge in [0, 0.05) is 18.4 Å². The van der Waals surface area contributed by atoms with E-state index in [1.54, 1.807) is 0 Å². The normalized spacial score (nSPS) is 13.4. The first-order valence-electron chi connectivity index (χ1n) is 15.2. The van der Waals surface area contributed by atoms with Gasteiger partial charge in [-0.2, -0.15) is 0 Å². The SMILES string of the molecule is CCCCCCCCCCCCCCCCCCC(C(Cc1ccccc1)C(C)C)n1ccnc1. The molecule has 1 heterocycles. The third-order valence-electron chi connectivity index (χ3n) is 7.93. The predicted octanol–water partition coefficient (Wildman–Crippen LogP) is 10.6. The number of unbranched alkanes of at least 4 members (excludes halogenated alkanes) is 15. The molecule has 1 aromatic carbocycles. The Labute approximate surface area is 218 Å². The van der Waals surface area contributed by atoms with Crippen LogP contribution >= 0.6 is 0 Å². The van der Waals surface area contributed by atoms with E-state index in [2.05, 4.69) is 66.9 Å². The number of nitrogens with zero attached hydrogens (tertiary/aromatic N) is 2. The van der Waals surface area contributed by atoms with E-state index >= 15 is 0 Å². The Morgan fingerprint density at radius 3 is 1.66 bits per heavy atom. The van der Waals surface area contributed by atoms with E-state index in [9.17, 15) is 0 Å². The van der Waals surface area contributed by atoms with Gasteiger partial charge in [-0.15, -0.1) is 0 Å². The molecule has 35 heavy (non-hydrogen) atoms. The van der Waals surface area contributed by atoms with Gasteiger partial charge >= 0.3 is 0 Å². The summed E-state index contributed by atoms with van der Waals surface area (Å²) in [5.41, 5.74) is 1.46. The molecule has 0 bridgehead atoms. The fourth-order valence-electron chi connectivity index (χ4n) is 5.65. The standard InChI is InChI=1S/C33H56N2/c1-4-5-6-7-8-9-10-11-12-13-14-15-16-17-18-22-25-33(35-27-26-34-29-35)32(30(2)3)28-31-23-20-19-21-24-31/h19-21,23-24,26-27,29-30,32-33H,4-18,22,25,28H2,1-3H3. The van der Waals surface area contributed by atoms with Crippen molar-refractivity contribution in [2.45, 2.75) is 142 Å². The molecule has 0 fully saturated rings. The molecule has 0 aliphatic rings. The van der Waals surface area contributed by atoms with Crippen LogP contribution in [0.2, 0.25) is 0 Å². The molecular formula is C33H56N2. The van der Waals surface area contributed by atoms with Crippen molar-refractivity contribution in [3.8, 4) is 0 Å². The second-order valence-electron chi connectivity index (χ2n) is 11.3. The summed E-state index contributed by atoms with van der Waals surface area (Å²) in [4.78, 5) is 4.38. The minimum atomic E-state index is 0.546. The molecule has 0 aliphatic carbocycles. The van der Waals surface area contributed by atoms with E-state index in [4.69, 9.17) is 0 Å². The van der Waals surface area contributed by atoms with Crippen molar-refractivity contribution in [2.75, 3.05) is 0 Å². The Morgan fingerprint density at radius 2 is 1.20 bits per heavy atom. The Bertz CT molecular complexity index is 691. The van der Waals surface area contributed by atoms with E-state index < -0.39 is 0 Å². The summed E-state index contributed by atoms with van der Waals surface area (Å²) in [6.45, 7) is 7.09. The van der Waals surface area contributed by atoms with Crippen molar-refractivity contribution in [1.82, 2.24) is 9.55 Å². The topological polar surface area (TPSA) is 17.8 Å². The van der Waals surface area contributed by atoms with Crippen LogP contribution in [0.1, 0.15) is 142 Å². The van der Waals surface area contributed by atoms with Crippen molar-refractivity contribution >= 4 is 0 Å². The van der Waals surface area contributed by atoms with Crippen LogP contribution in [0, 0.1) is 11.8 Å². The predicted molar refractivity (Wildman–Crippen MR) is 154 cm³/mol. The third kappa shape index (κ3) is 13.3. The van der Waals surface area contributed by atoms with E-state index in [-0.39, 0.29) is 0 Å². The molecule has 0 aliphatic heterocycles. The van der Waals surface area contributed by atoms with Gasteiger partial charge in [0.2, 0.25) is 0 Å². The Morgan fingerprint density at radius 1 is 0.686 bits per heavy atom. The highest BCUT2D eigenvalue weighted by atomic mass is 15.1. The second-order valence-corrected chi connectivity index (χ2v) is 11.3. The average Bonchev–Trinajstić information content (AvgIpc) is 3.40. The fourth-order valence-corrected chi connectivity index (χ4v) is 5.65. The molecule has 2 heteroatoms. The number of aromatic nitrogens is 2. The molecule has 2 atom stereocenters. The average molecular weight is 481 g/mol. The molecule has 0 amide bonds. The van der Waals surface area contributed by atoms with Gasteiger partial charge in [-0.1, -0.05) is 154 Å². The molecule has 2 aromatic rings. The van der Waals surface area contributed by atoms with Crippen LogP contribution in [-0.4, -0.2) is 9.55 Å². The van der Waals surface area contributed by atoms with Crippen molar-refractivity contribution < 1.29 is 0 Å². The Kier molecular flexibility index (Phi) is 16.6. The first-order chi connectivity index (χ1) is 17.2. The molecule has 2 rings (SSSR count). The first kappa shape index (κ1) is 29.7. The smallest absolute Gasteiger partial charge is 0.0948 e. The summed E-state index contributed by atoms with van der Waals surface area (Å²) in [6, 6.07) is 11.6. The van der Waals surface area contributed by atoms with Crippen LogP contribution in [-0.2, 0) is 6.42 Å². The highest BCUT2D eigenvalue weighted by molar-refractivity contribution is 5.15. The van der Waals surface area contributed by atoms with Gasteiger partial charge in [0.1, 0.15) is 0 Å². The number of imidazole rings is 1. The highest BCUT2D eigenvalue weighted by Crippen LogP contribution is 2.33. The summed E-state index contributed by atoms with van der Waals surface area (Å²) < 4.78 is 2.39. The lowest BCUT2D eigenvalue weighted by molar-refractivity contribution is 0.233. The van der Waals surface area contributed by atoms with Crippen molar-refractivity contribution in [3.05, 3.63) is 54.6 Å². The summed E-state index contributed by atoms with van der Waals surface area (Å²) in [5.74, 6) is 1.30. The fraction of sp³-hybridized carbons (Fsp3) is 0.727. The van der Waals surface area contributed by atoms with E-state index in [1.165, 1.54) is 115 Å². The maximum atomic E-state index is 4.38. The monoisotopic (exact) mass is 480 g/mol. The molecule has 0 N–H and O–H groups in total. The van der Waals surface area contributed by atoms with Gasteiger partial charge in [0.05, 0.1) is 6.33 Å². The van der Waals surface area contributed by atoms with Gasteiger partial charge in [-0.05, 0) is 30.2 Å². The third-order valence-corrected chi connectivity index (χ3v) is 7.93. The summed E-state index contributed by atoms with van der Waals surface area (Å²) >= 11 is 0. The summed E-state index contributed by atoms with van der Waals surface area (Å²) in [7, 11) is 0. The van der Waals surface area contributed by atoms with Gasteiger partial charge in [0.15, 0.2) is 0 Å². The van der Waals surface area contributed by atoms with E-state index in [0.717, 1.165) is 6.42 Å². The highest BCUT2D eigenvalue weighted by Gasteiger charge is 2.25. The molecule has 0 saturated heterocycles. The lowest BCUT2D eigenvalue weighted by atomic mass is 9.81. The lowest BCUT2D eigenvalue weighted by Crippen LogP contribution is -2.25. The maximum absolute atomic E-state index is 4.38. The van der Waals surface area contributed by atoms with E-state index in [1.807, 2.05) is 12.5 Å². The summed E-state index contributed by atoms with van der Waals surface area (Å²) in [5, 5.41) is 0. The molecule has 0 saturated carbocycles. The van der Waals surface area contributed by atoms with Crippen LogP contribution in [0.15, 0.2) is 49.1 Å². The molecule has 1 aromatic heterocycles. The first-order valence-corrected chi connectivity index (χ1v) is 15.2. The summed E-state index contributed by atoms with van der Waals surface area (Å²) in [6.07, 6.45) is 31.5. The van der Waals surface area contributed by atoms with Crippen LogP contribution in [0.4, 0.5) is 0 Å². The largest absolute Gasteiger partial charge is 0.334 e. The van der Waals surface area contributed by atoms with Crippen LogP contribution in [0.3, 0.4) is 0 Å². The maximum Gasteiger partial charge on any atom is 0.0948 e.